The van der Waals surface area contributed by atoms with Gasteiger partial charge in [-0.2, -0.15) is 0 Å². The van der Waals surface area contributed by atoms with Crippen molar-refractivity contribution in [3.63, 3.8) is 0 Å². The van der Waals surface area contributed by atoms with Gasteiger partial charge in [-0.25, -0.2) is 4.98 Å². The highest BCUT2D eigenvalue weighted by Crippen LogP contribution is 2.19. The van der Waals surface area contributed by atoms with Crippen molar-refractivity contribution in [2.24, 2.45) is 5.92 Å². The van der Waals surface area contributed by atoms with Gasteiger partial charge in [0.1, 0.15) is 0 Å². The molecule has 0 aromatic carbocycles. The summed E-state index contributed by atoms with van der Waals surface area (Å²) in [5.74, 6) is 0.310. The van der Waals surface area contributed by atoms with E-state index >= 15 is 0 Å². The summed E-state index contributed by atoms with van der Waals surface area (Å²) in [6.45, 7) is 1.78. The Balaban J connectivity index is 1.41. The third-order valence-electron chi connectivity index (χ3n) is 4.05. The molecule has 0 atom stereocenters. The average molecular weight is 333 g/mol. The molecule has 6 nitrogen and oxygen atoms in total. The van der Waals surface area contributed by atoms with Gasteiger partial charge in [0.2, 0.25) is 5.91 Å². The van der Waals surface area contributed by atoms with Crippen molar-refractivity contribution in [2.75, 3.05) is 19.6 Å². The number of amides is 2. The van der Waals surface area contributed by atoms with Gasteiger partial charge in [-0.3, -0.25) is 9.59 Å². The molecule has 2 aromatic rings. The molecule has 3 rings (SSSR count). The van der Waals surface area contributed by atoms with Crippen molar-refractivity contribution < 1.29 is 14.0 Å². The fourth-order valence-electron chi connectivity index (χ4n) is 2.72. The molecule has 0 spiro atoms. The maximum absolute atomic E-state index is 12.2. The Morgan fingerprint density at radius 1 is 1.39 bits per heavy atom. The van der Waals surface area contributed by atoms with Gasteiger partial charge in [-0.1, -0.05) is 0 Å². The number of carbonyl (C=O) groups is 2. The SMILES string of the molecule is O=C(NCCc1cscn1)C1CCN(C(=O)c2ccco2)CC1. The summed E-state index contributed by atoms with van der Waals surface area (Å²) >= 11 is 1.56. The van der Waals surface area contributed by atoms with Crippen molar-refractivity contribution in [1.29, 1.82) is 0 Å². The van der Waals surface area contributed by atoms with Gasteiger partial charge in [-0.05, 0) is 25.0 Å². The quantitative estimate of drug-likeness (QED) is 0.907. The van der Waals surface area contributed by atoms with Crippen LogP contribution in [-0.2, 0) is 11.2 Å². The Morgan fingerprint density at radius 2 is 2.22 bits per heavy atom. The minimum absolute atomic E-state index is 0.0221. The zero-order chi connectivity index (χ0) is 16.1. The van der Waals surface area contributed by atoms with Crippen LogP contribution < -0.4 is 5.32 Å². The van der Waals surface area contributed by atoms with E-state index in [1.165, 1.54) is 6.26 Å². The normalized spacial score (nSPS) is 15.6. The predicted octanol–water partition coefficient (Wildman–Crippen LogP) is 1.95. The molecule has 2 aromatic heterocycles. The minimum atomic E-state index is -0.0996. The summed E-state index contributed by atoms with van der Waals surface area (Å²) < 4.78 is 5.14. The van der Waals surface area contributed by atoms with Crippen LogP contribution in [0.15, 0.2) is 33.7 Å². The monoisotopic (exact) mass is 333 g/mol. The first-order valence-electron chi connectivity index (χ1n) is 7.71. The summed E-state index contributed by atoms with van der Waals surface area (Å²) in [6.07, 6.45) is 3.63. The molecule has 1 aliphatic heterocycles. The second kappa shape index (κ2) is 7.41. The van der Waals surface area contributed by atoms with E-state index in [2.05, 4.69) is 10.3 Å². The van der Waals surface area contributed by atoms with Gasteiger partial charge in [0.05, 0.1) is 17.5 Å². The Morgan fingerprint density at radius 3 is 2.87 bits per heavy atom. The number of piperidine rings is 1. The third kappa shape index (κ3) is 3.98. The number of hydrogen-bond donors (Lipinski definition) is 1. The van der Waals surface area contributed by atoms with Crippen LogP contribution in [0.3, 0.4) is 0 Å². The summed E-state index contributed by atoms with van der Waals surface area (Å²) in [5, 5.41) is 4.96. The number of nitrogens with one attached hydrogen (secondary N) is 1. The van der Waals surface area contributed by atoms with Crippen molar-refractivity contribution in [1.82, 2.24) is 15.2 Å². The molecular weight excluding hydrogens is 314 g/mol. The molecule has 2 amide bonds. The predicted molar refractivity (Wildman–Crippen MR) is 86.2 cm³/mol. The first-order valence-corrected chi connectivity index (χ1v) is 8.66. The van der Waals surface area contributed by atoms with Crippen LogP contribution in [0.25, 0.3) is 0 Å². The van der Waals surface area contributed by atoms with E-state index in [1.807, 2.05) is 5.38 Å². The lowest BCUT2D eigenvalue weighted by atomic mass is 9.95. The first kappa shape index (κ1) is 15.7. The van der Waals surface area contributed by atoms with Gasteiger partial charge in [0, 0.05) is 37.4 Å². The van der Waals surface area contributed by atoms with Gasteiger partial charge >= 0.3 is 0 Å². The van der Waals surface area contributed by atoms with E-state index in [1.54, 1.807) is 33.9 Å². The molecule has 7 heteroatoms. The lowest BCUT2D eigenvalue weighted by Crippen LogP contribution is -2.43. The van der Waals surface area contributed by atoms with Crippen LogP contribution in [-0.4, -0.2) is 41.3 Å². The van der Waals surface area contributed by atoms with Crippen LogP contribution in [0.5, 0.6) is 0 Å². The summed E-state index contributed by atoms with van der Waals surface area (Å²) in [7, 11) is 0. The number of thiazole rings is 1. The highest BCUT2D eigenvalue weighted by atomic mass is 32.1. The van der Waals surface area contributed by atoms with E-state index in [0.29, 0.717) is 38.2 Å². The summed E-state index contributed by atoms with van der Waals surface area (Å²) in [4.78, 5) is 30.3. The molecule has 0 bridgehead atoms. The van der Waals surface area contributed by atoms with Crippen molar-refractivity contribution in [3.8, 4) is 0 Å². The molecule has 23 heavy (non-hydrogen) atoms. The molecule has 0 unspecified atom stereocenters. The zero-order valence-electron chi connectivity index (χ0n) is 12.7. The molecule has 1 aliphatic rings. The maximum Gasteiger partial charge on any atom is 0.289 e. The fourth-order valence-corrected chi connectivity index (χ4v) is 3.31. The number of hydrogen-bond acceptors (Lipinski definition) is 5. The van der Waals surface area contributed by atoms with Crippen LogP contribution in [0, 0.1) is 5.92 Å². The van der Waals surface area contributed by atoms with Crippen LogP contribution in [0.1, 0.15) is 29.1 Å². The Bertz CT molecular complexity index is 632. The van der Waals surface area contributed by atoms with E-state index < -0.39 is 0 Å². The molecule has 122 valence electrons. The number of aromatic nitrogens is 1. The van der Waals surface area contributed by atoms with E-state index in [9.17, 15) is 9.59 Å². The largest absolute Gasteiger partial charge is 0.459 e. The third-order valence-corrected chi connectivity index (χ3v) is 4.68. The number of furan rings is 1. The topological polar surface area (TPSA) is 75.4 Å². The van der Waals surface area contributed by atoms with E-state index in [0.717, 1.165) is 12.1 Å². The molecule has 0 saturated carbocycles. The van der Waals surface area contributed by atoms with Crippen molar-refractivity contribution in [2.45, 2.75) is 19.3 Å². The summed E-state index contributed by atoms with van der Waals surface area (Å²) in [5.41, 5.74) is 2.80. The second-order valence-corrected chi connectivity index (χ2v) is 6.28. The Labute approximate surface area is 138 Å². The fraction of sp³-hybridized carbons (Fsp3) is 0.438. The average Bonchev–Trinajstić information content (AvgIpc) is 3.28. The zero-order valence-corrected chi connectivity index (χ0v) is 13.6. The molecule has 0 aliphatic carbocycles. The standard InChI is InChI=1S/C16H19N3O3S/c20-15(17-6-3-13-10-23-11-18-13)12-4-7-19(8-5-12)16(21)14-2-1-9-22-14/h1-2,9-12H,3-8H2,(H,17,20). The van der Waals surface area contributed by atoms with Gasteiger partial charge in [-0.15, -0.1) is 11.3 Å². The Hall–Kier alpha value is -2.15. The number of rotatable bonds is 5. The van der Waals surface area contributed by atoms with E-state index in [-0.39, 0.29) is 17.7 Å². The lowest BCUT2D eigenvalue weighted by Gasteiger charge is -2.30. The number of likely N-dealkylation sites (tertiary alicyclic amines) is 1. The molecule has 3 heterocycles. The highest BCUT2D eigenvalue weighted by molar-refractivity contribution is 7.07. The van der Waals surface area contributed by atoms with Crippen molar-refractivity contribution in [3.05, 3.63) is 40.7 Å². The van der Waals surface area contributed by atoms with Gasteiger partial charge < -0.3 is 14.6 Å². The lowest BCUT2D eigenvalue weighted by molar-refractivity contribution is -0.126. The van der Waals surface area contributed by atoms with Crippen molar-refractivity contribution >= 4 is 23.2 Å². The van der Waals surface area contributed by atoms with Crippen LogP contribution in [0.2, 0.25) is 0 Å². The summed E-state index contributed by atoms with van der Waals surface area (Å²) in [6, 6.07) is 3.37. The molecule has 1 N–H and O–H groups in total. The highest BCUT2D eigenvalue weighted by Gasteiger charge is 2.28. The van der Waals surface area contributed by atoms with Gasteiger partial charge in [0.25, 0.3) is 5.91 Å². The molecule has 1 fully saturated rings. The Kier molecular flexibility index (Phi) is 5.07. The van der Waals surface area contributed by atoms with Crippen LogP contribution >= 0.6 is 11.3 Å². The first-order chi connectivity index (χ1) is 11.2. The smallest absolute Gasteiger partial charge is 0.289 e. The molecule has 1 saturated heterocycles. The van der Waals surface area contributed by atoms with Crippen LogP contribution in [0.4, 0.5) is 0 Å². The molecular formula is C16H19N3O3S. The van der Waals surface area contributed by atoms with Gasteiger partial charge in [0.15, 0.2) is 5.76 Å². The maximum atomic E-state index is 12.2. The number of nitrogens with zero attached hydrogens (tertiary/aromatic N) is 2. The second-order valence-electron chi connectivity index (χ2n) is 5.56. The minimum Gasteiger partial charge on any atom is -0.459 e. The number of carbonyl (C=O) groups excluding carboxylic acids is 2. The van der Waals surface area contributed by atoms with E-state index in [4.69, 9.17) is 4.42 Å². The molecule has 0 radical (unpaired) electrons.